The van der Waals surface area contributed by atoms with E-state index >= 15 is 0 Å². The number of allylic oxidation sites excluding steroid dienone is 1. The van der Waals surface area contributed by atoms with Crippen LogP contribution in [0.3, 0.4) is 0 Å². The van der Waals surface area contributed by atoms with Gasteiger partial charge in [-0.15, -0.1) is 0 Å². The number of benzene rings is 2. The van der Waals surface area contributed by atoms with Crippen LogP contribution >= 0.6 is 11.8 Å². The molecule has 2 heterocycles. The van der Waals surface area contributed by atoms with Crippen LogP contribution in [0.1, 0.15) is 57.9 Å². The second kappa shape index (κ2) is 13.5. The Morgan fingerprint density at radius 1 is 1.20 bits per heavy atom. The van der Waals surface area contributed by atoms with Gasteiger partial charge in [-0.2, -0.15) is 15.3 Å². The molecule has 1 aliphatic heterocycles. The largest absolute Gasteiger partial charge is 0.493 e. The highest BCUT2D eigenvalue weighted by Gasteiger charge is 2.24. The third kappa shape index (κ3) is 6.71. The Hall–Kier alpha value is -4.56. The third-order valence-corrected chi connectivity index (χ3v) is 7.16. The van der Waals surface area contributed by atoms with Crippen LogP contribution in [0, 0.1) is 10.7 Å². The van der Waals surface area contributed by atoms with Crippen molar-refractivity contribution in [3.63, 3.8) is 0 Å². The predicted molar refractivity (Wildman–Crippen MR) is 157 cm³/mol. The summed E-state index contributed by atoms with van der Waals surface area (Å²) in [7, 11) is 3.02. The number of thioether (sulfide) groups is 1. The minimum Gasteiger partial charge on any atom is -0.493 e. The number of ether oxygens (including phenoxy) is 2. The number of fused-ring (bicyclic) bond motifs is 1. The van der Waals surface area contributed by atoms with E-state index in [1.807, 2.05) is 23.2 Å². The number of rotatable bonds is 12. The highest BCUT2D eigenvalue weighted by molar-refractivity contribution is 8.03. The molecule has 4 rings (SSSR count). The van der Waals surface area contributed by atoms with Gasteiger partial charge in [-0.3, -0.25) is 9.80 Å². The molecule has 11 heteroatoms. The van der Waals surface area contributed by atoms with Crippen molar-refractivity contribution < 1.29 is 14.3 Å². The number of nitrogens with zero attached hydrogens (tertiary/aromatic N) is 5. The van der Waals surface area contributed by atoms with Gasteiger partial charge in [0.05, 0.1) is 32.0 Å². The summed E-state index contributed by atoms with van der Waals surface area (Å²) in [4.78, 5) is 21.6. The van der Waals surface area contributed by atoms with Crippen LogP contribution in [0.15, 0.2) is 60.0 Å². The molecule has 40 heavy (non-hydrogen) atoms. The number of unbranched alkanes of at least 4 members (excludes halogenated alkanes) is 1. The minimum absolute atomic E-state index is 0.0337. The van der Waals surface area contributed by atoms with Crippen molar-refractivity contribution in [3.05, 3.63) is 82.7 Å². The molecule has 0 amide bonds. The van der Waals surface area contributed by atoms with Gasteiger partial charge < -0.3 is 20.9 Å². The average Bonchev–Trinajstić information content (AvgIpc) is 2.97. The molecule has 0 fully saturated rings. The lowest BCUT2D eigenvalue weighted by Crippen LogP contribution is -2.24. The van der Waals surface area contributed by atoms with E-state index in [0.29, 0.717) is 29.0 Å². The average molecular weight is 558 g/mol. The number of carbonyl (C=O) groups excluding carboxylic acids is 1. The molecule has 0 saturated carbocycles. The first-order valence-electron chi connectivity index (χ1n) is 12.7. The Bertz CT molecular complexity index is 1470. The molecule has 206 valence electrons. The number of ketones is 1. The van der Waals surface area contributed by atoms with Crippen LogP contribution in [0.4, 0.5) is 11.8 Å². The Balaban J connectivity index is 1.60. The van der Waals surface area contributed by atoms with E-state index in [2.05, 4.69) is 26.5 Å². The number of methoxy groups -OCH3 is 2. The molecule has 0 saturated heterocycles. The molecular weight excluding hydrogens is 526 g/mol. The predicted octanol–water partition coefficient (Wildman–Crippen LogP) is 4.72. The number of carbonyl (C=O) groups is 1. The van der Waals surface area contributed by atoms with E-state index in [1.54, 1.807) is 30.7 Å². The van der Waals surface area contributed by atoms with Crippen molar-refractivity contribution >= 4 is 35.5 Å². The smallest absolute Gasteiger partial charge is 0.221 e. The zero-order valence-electron chi connectivity index (χ0n) is 22.4. The molecular formula is C29H31N7O3S. The van der Waals surface area contributed by atoms with Gasteiger partial charge >= 0.3 is 0 Å². The molecule has 4 N–H and O–H groups in total. The lowest BCUT2D eigenvalue weighted by atomic mass is 9.95. The number of anilines is 2. The van der Waals surface area contributed by atoms with Gasteiger partial charge in [0.2, 0.25) is 5.95 Å². The van der Waals surface area contributed by atoms with Crippen molar-refractivity contribution in [2.45, 2.75) is 31.7 Å². The second-order valence-electron chi connectivity index (χ2n) is 9.08. The van der Waals surface area contributed by atoms with E-state index in [-0.39, 0.29) is 23.6 Å². The van der Waals surface area contributed by atoms with E-state index in [1.165, 1.54) is 32.1 Å². The summed E-state index contributed by atoms with van der Waals surface area (Å²) in [6, 6.07) is 11.6. The molecule has 1 aromatic heterocycles. The maximum atomic E-state index is 13.5. The Labute approximate surface area is 237 Å². The number of thiocyanates is 1. The van der Waals surface area contributed by atoms with Crippen LogP contribution in [0.2, 0.25) is 0 Å². The monoisotopic (exact) mass is 557 g/mol. The number of aromatic nitrogens is 2. The van der Waals surface area contributed by atoms with Crippen LogP contribution < -0.4 is 20.9 Å². The highest BCUT2D eigenvalue weighted by atomic mass is 32.2. The van der Waals surface area contributed by atoms with Gasteiger partial charge in [-0.1, -0.05) is 30.7 Å². The molecule has 0 spiro atoms. The molecule has 1 unspecified atom stereocenters. The Morgan fingerprint density at radius 3 is 2.77 bits per heavy atom. The fourth-order valence-corrected chi connectivity index (χ4v) is 5.04. The molecule has 2 aromatic carbocycles. The maximum absolute atomic E-state index is 13.5. The van der Waals surface area contributed by atoms with Crippen LogP contribution in [-0.4, -0.2) is 46.9 Å². The first kappa shape index (κ1) is 28.4. The molecule has 0 bridgehead atoms. The first-order chi connectivity index (χ1) is 19.4. The Kier molecular flexibility index (Phi) is 9.59. The number of nitrogens with two attached hydrogens (primary N) is 2. The van der Waals surface area contributed by atoms with Crippen molar-refractivity contribution in [3.8, 4) is 16.9 Å². The van der Waals surface area contributed by atoms with E-state index in [0.717, 1.165) is 41.7 Å². The lowest BCUT2D eigenvalue weighted by Gasteiger charge is -2.31. The van der Waals surface area contributed by atoms with Crippen LogP contribution in [0.5, 0.6) is 11.5 Å². The summed E-state index contributed by atoms with van der Waals surface area (Å²) in [5, 5.41) is 17.3. The SMILES string of the molecule is COc1cc(Cc2cnc(N)nc2N)cc(C(=O)C=CN2N=Cc3ccccc3C2CCCCSC#N)c1OC. The van der Waals surface area contributed by atoms with Crippen molar-refractivity contribution in [2.24, 2.45) is 5.10 Å². The van der Waals surface area contributed by atoms with Crippen molar-refractivity contribution in [1.29, 1.82) is 5.26 Å². The summed E-state index contributed by atoms with van der Waals surface area (Å²) < 4.78 is 11.1. The first-order valence-corrected chi connectivity index (χ1v) is 13.7. The second-order valence-corrected chi connectivity index (χ2v) is 9.96. The number of hydrazone groups is 1. The number of hydrogen-bond donors (Lipinski definition) is 2. The van der Waals surface area contributed by atoms with Crippen molar-refractivity contribution in [1.82, 2.24) is 15.0 Å². The fraction of sp³-hybridized carbons (Fsp3) is 0.276. The zero-order chi connectivity index (χ0) is 28.5. The van der Waals surface area contributed by atoms with Gasteiger partial charge in [0.1, 0.15) is 11.2 Å². The normalized spacial score (nSPS) is 14.1. The van der Waals surface area contributed by atoms with Crippen LogP contribution in [-0.2, 0) is 6.42 Å². The molecule has 1 aliphatic rings. The number of nitrogen functional groups attached to an aromatic ring is 2. The Morgan fingerprint density at radius 2 is 2.02 bits per heavy atom. The summed E-state index contributed by atoms with van der Waals surface area (Å²) in [6.45, 7) is 0. The van der Waals surface area contributed by atoms with E-state index in [9.17, 15) is 4.79 Å². The molecule has 3 aromatic rings. The standard InChI is InChI=1S/C29H31N7O3S/c1-38-26-15-19(13-21-16-33-29(32)35-28(21)31)14-23(27(26)39-2)25(37)10-11-36-24(9-5-6-12-40-18-30)22-8-4-3-7-20(22)17-34-36/h3-4,7-8,10-11,14-17,24H,5-6,9,12-13H2,1-2H3,(H4,31,32,33,35). The van der Waals surface area contributed by atoms with Gasteiger partial charge in [-0.25, -0.2) is 4.98 Å². The quantitative estimate of drug-likeness (QED) is 0.138. The zero-order valence-corrected chi connectivity index (χ0v) is 23.2. The summed E-state index contributed by atoms with van der Waals surface area (Å²) >= 11 is 1.26. The third-order valence-electron chi connectivity index (χ3n) is 6.54. The highest BCUT2D eigenvalue weighted by Crippen LogP contribution is 2.35. The summed E-state index contributed by atoms with van der Waals surface area (Å²) in [5.74, 6) is 1.64. The van der Waals surface area contributed by atoms with Gasteiger partial charge in [0.25, 0.3) is 0 Å². The molecule has 10 nitrogen and oxygen atoms in total. The lowest BCUT2D eigenvalue weighted by molar-refractivity contribution is 0.104. The van der Waals surface area contributed by atoms with Gasteiger partial charge in [0, 0.05) is 36.2 Å². The van der Waals surface area contributed by atoms with E-state index in [4.69, 9.17) is 26.2 Å². The summed E-state index contributed by atoms with van der Waals surface area (Å²) in [5.41, 5.74) is 15.6. The summed E-state index contributed by atoms with van der Waals surface area (Å²) in [6.07, 6.45) is 9.61. The molecule has 0 aliphatic carbocycles. The minimum atomic E-state index is -0.267. The number of nitriles is 1. The number of hydrogen-bond acceptors (Lipinski definition) is 11. The molecule has 0 radical (unpaired) electrons. The van der Waals surface area contributed by atoms with Gasteiger partial charge in [-0.05, 0) is 53.4 Å². The van der Waals surface area contributed by atoms with Crippen molar-refractivity contribution in [2.75, 3.05) is 31.4 Å². The topological polar surface area (TPSA) is 153 Å². The van der Waals surface area contributed by atoms with Crippen LogP contribution in [0.25, 0.3) is 0 Å². The van der Waals surface area contributed by atoms with E-state index < -0.39 is 0 Å². The van der Waals surface area contributed by atoms with Gasteiger partial charge in [0.15, 0.2) is 17.3 Å². The molecule has 1 atom stereocenters. The fourth-order valence-electron chi connectivity index (χ4n) is 4.60. The maximum Gasteiger partial charge on any atom is 0.221 e.